The first-order chi connectivity index (χ1) is 8.66. The van der Waals surface area contributed by atoms with E-state index >= 15 is 0 Å². The highest BCUT2D eigenvalue weighted by atomic mass is 35.5. The molecule has 3 heterocycles. The maximum atomic E-state index is 5.96. The van der Waals surface area contributed by atoms with Gasteiger partial charge in [-0.2, -0.15) is 10.1 Å². The molecule has 10 heteroatoms. The number of nitrogen functional groups attached to an aromatic ring is 1. The molecule has 0 atom stereocenters. The molecule has 3 rings (SSSR count). The molecule has 0 unspecified atom stereocenters. The maximum absolute atomic E-state index is 5.96. The zero-order valence-electron chi connectivity index (χ0n) is 9.03. The Hall–Kier alpha value is -2.42. The van der Waals surface area contributed by atoms with E-state index < -0.39 is 0 Å². The Labute approximate surface area is 104 Å². The molecule has 2 N–H and O–H groups in total. The predicted molar refractivity (Wildman–Crippen MR) is 59.2 cm³/mol. The third-order valence-electron chi connectivity index (χ3n) is 2.25. The van der Waals surface area contributed by atoms with Gasteiger partial charge in [0.05, 0.1) is 11.2 Å². The molecular formula is C8H6ClN7O2. The lowest BCUT2D eigenvalue weighted by atomic mass is 10.4. The van der Waals surface area contributed by atoms with Crippen LogP contribution in [-0.4, -0.2) is 30.2 Å². The molecule has 0 saturated heterocycles. The number of anilines is 1. The second-order valence-corrected chi connectivity index (χ2v) is 3.79. The number of rotatable bonds is 2. The van der Waals surface area contributed by atoms with Gasteiger partial charge in [0.1, 0.15) is 5.69 Å². The Morgan fingerprint density at radius 3 is 2.78 bits per heavy atom. The van der Waals surface area contributed by atoms with Gasteiger partial charge in [0, 0.05) is 7.05 Å². The summed E-state index contributed by atoms with van der Waals surface area (Å²) >= 11 is 5.96. The zero-order valence-corrected chi connectivity index (χ0v) is 9.79. The predicted octanol–water partition coefficient (Wildman–Crippen LogP) is 0.756. The van der Waals surface area contributed by atoms with Crippen molar-refractivity contribution >= 4 is 17.4 Å². The van der Waals surface area contributed by atoms with Crippen LogP contribution in [0.25, 0.3) is 23.1 Å². The van der Waals surface area contributed by atoms with Crippen LogP contribution in [0.15, 0.2) is 15.3 Å². The third kappa shape index (κ3) is 1.52. The van der Waals surface area contributed by atoms with E-state index in [-0.39, 0.29) is 23.2 Å². The molecule has 0 aromatic carbocycles. The van der Waals surface area contributed by atoms with Crippen molar-refractivity contribution in [2.75, 3.05) is 5.73 Å². The molecule has 0 aliphatic rings. The van der Waals surface area contributed by atoms with E-state index in [0.29, 0.717) is 10.7 Å². The van der Waals surface area contributed by atoms with Crippen LogP contribution in [-0.2, 0) is 7.05 Å². The highest BCUT2D eigenvalue weighted by molar-refractivity contribution is 6.32. The quantitative estimate of drug-likeness (QED) is 0.722. The van der Waals surface area contributed by atoms with Crippen molar-refractivity contribution in [3.63, 3.8) is 0 Å². The minimum absolute atomic E-state index is 0.0819. The lowest BCUT2D eigenvalue weighted by molar-refractivity contribution is 0.310. The van der Waals surface area contributed by atoms with Gasteiger partial charge in [-0.3, -0.25) is 4.68 Å². The SMILES string of the molecule is Cn1ncc(Cl)c1-c1nc(-c2nonc2N)no1. The van der Waals surface area contributed by atoms with E-state index in [4.69, 9.17) is 21.9 Å². The molecule has 9 nitrogen and oxygen atoms in total. The molecule has 0 aliphatic carbocycles. The van der Waals surface area contributed by atoms with Crippen molar-refractivity contribution in [1.82, 2.24) is 30.2 Å². The summed E-state index contributed by atoms with van der Waals surface area (Å²) < 4.78 is 11.1. The van der Waals surface area contributed by atoms with Crippen LogP contribution in [0.5, 0.6) is 0 Å². The van der Waals surface area contributed by atoms with E-state index in [1.807, 2.05) is 0 Å². The molecule has 0 bridgehead atoms. The topological polar surface area (TPSA) is 122 Å². The lowest BCUT2D eigenvalue weighted by Gasteiger charge is -1.94. The largest absolute Gasteiger partial charge is 0.379 e. The second kappa shape index (κ2) is 3.81. The fourth-order valence-electron chi connectivity index (χ4n) is 1.42. The Kier molecular flexibility index (Phi) is 2.27. The molecule has 0 saturated carbocycles. The van der Waals surface area contributed by atoms with Crippen LogP contribution in [0, 0.1) is 0 Å². The van der Waals surface area contributed by atoms with E-state index in [0.717, 1.165) is 0 Å². The Morgan fingerprint density at radius 2 is 2.17 bits per heavy atom. The minimum atomic E-state index is 0.0819. The molecule has 92 valence electrons. The van der Waals surface area contributed by atoms with Gasteiger partial charge in [-0.05, 0) is 10.3 Å². The van der Waals surface area contributed by atoms with Crippen LogP contribution in [0.2, 0.25) is 5.02 Å². The Balaban J connectivity index is 2.08. The van der Waals surface area contributed by atoms with Crippen molar-refractivity contribution in [3.8, 4) is 23.1 Å². The van der Waals surface area contributed by atoms with E-state index in [9.17, 15) is 0 Å². The average Bonchev–Trinajstić information content (AvgIpc) is 3.00. The lowest BCUT2D eigenvalue weighted by Crippen LogP contribution is -1.94. The summed E-state index contributed by atoms with van der Waals surface area (Å²) in [7, 11) is 1.71. The van der Waals surface area contributed by atoms with Gasteiger partial charge in [-0.1, -0.05) is 16.8 Å². The summed E-state index contributed by atoms with van der Waals surface area (Å²) in [5.74, 6) is 0.455. The second-order valence-electron chi connectivity index (χ2n) is 3.39. The molecule has 18 heavy (non-hydrogen) atoms. The average molecular weight is 268 g/mol. The van der Waals surface area contributed by atoms with Gasteiger partial charge >= 0.3 is 0 Å². The van der Waals surface area contributed by atoms with Crippen LogP contribution in [0.1, 0.15) is 0 Å². The van der Waals surface area contributed by atoms with E-state index in [1.165, 1.54) is 10.9 Å². The molecule has 0 aliphatic heterocycles. The van der Waals surface area contributed by atoms with Gasteiger partial charge in [0.2, 0.25) is 5.82 Å². The smallest absolute Gasteiger partial charge is 0.278 e. The van der Waals surface area contributed by atoms with Gasteiger partial charge < -0.3 is 10.3 Å². The standard InChI is InChI=1S/C8H6ClN7O2/c1-16-5(3(9)2-11-16)8-12-7(15-17-8)4-6(10)14-18-13-4/h2H,1H3,(H2,10,14). The molecule has 0 radical (unpaired) electrons. The van der Waals surface area contributed by atoms with E-state index in [1.54, 1.807) is 7.05 Å². The first-order valence-electron chi connectivity index (χ1n) is 4.77. The number of aromatic nitrogens is 6. The highest BCUT2D eigenvalue weighted by Crippen LogP contribution is 2.28. The Morgan fingerprint density at radius 1 is 1.33 bits per heavy atom. The van der Waals surface area contributed by atoms with Crippen molar-refractivity contribution in [3.05, 3.63) is 11.2 Å². The van der Waals surface area contributed by atoms with Gasteiger partial charge in [0.25, 0.3) is 5.89 Å². The number of halogens is 1. The number of hydrogen-bond donors (Lipinski definition) is 1. The zero-order chi connectivity index (χ0) is 12.7. The summed E-state index contributed by atoms with van der Waals surface area (Å²) in [5.41, 5.74) is 6.24. The number of nitrogens with zero attached hydrogens (tertiary/aromatic N) is 6. The number of aryl methyl sites for hydroxylation is 1. The highest BCUT2D eigenvalue weighted by Gasteiger charge is 2.20. The minimum Gasteiger partial charge on any atom is -0.379 e. The maximum Gasteiger partial charge on any atom is 0.278 e. The van der Waals surface area contributed by atoms with Crippen molar-refractivity contribution < 1.29 is 9.15 Å². The third-order valence-corrected chi connectivity index (χ3v) is 2.53. The summed E-state index contributed by atoms with van der Waals surface area (Å²) in [5, 5.41) is 15.1. The summed E-state index contributed by atoms with van der Waals surface area (Å²) in [4.78, 5) is 4.11. The Bertz CT molecular complexity index is 680. The summed E-state index contributed by atoms with van der Waals surface area (Å²) in [6.07, 6.45) is 1.48. The fourth-order valence-corrected chi connectivity index (χ4v) is 1.66. The summed E-state index contributed by atoms with van der Waals surface area (Å²) in [6.45, 7) is 0. The first-order valence-corrected chi connectivity index (χ1v) is 5.14. The normalized spacial score (nSPS) is 11.0. The molecule has 3 aromatic heterocycles. The van der Waals surface area contributed by atoms with Crippen molar-refractivity contribution in [2.24, 2.45) is 7.05 Å². The molecule has 0 fully saturated rings. The fraction of sp³-hybridized carbons (Fsp3) is 0.125. The van der Waals surface area contributed by atoms with Crippen LogP contribution < -0.4 is 5.73 Å². The monoisotopic (exact) mass is 267 g/mol. The van der Waals surface area contributed by atoms with Crippen molar-refractivity contribution in [1.29, 1.82) is 0 Å². The van der Waals surface area contributed by atoms with Crippen LogP contribution >= 0.6 is 11.6 Å². The molecule has 3 aromatic rings. The summed E-state index contributed by atoms with van der Waals surface area (Å²) in [6, 6.07) is 0. The number of nitrogens with two attached hydrogens (primary N) is 1. The van der Waals surface area contributed by atoms with Gasteiger partial charge in [-0.25, -0.2) is 4.63 Å². The van der Waals surface area contributed by atoms with Gasteiger partial charge in [-0.15, -0.1) is 0 Å². The molecule has 0 amide bonds. The van der Waals surface area contributed by atoms with Crippen LogP contribution in [0.3, 0.4) is 0 Å². The van der Waals surface area contributed by atoms with Crippen molar-refractivity contribution in [2.45, 2.75) is 0 Å². The van der Waals surface area contributed by atoms with E-state index in [2.05, 4.69) is 30.2 Å². The van der Waals surface area contributed by atoms with Gasteiger partial charge in [0.15, 0.2) is 11.5 Å². The molecular weight excluding hydrogens is 262 g/mol. The molecule has 0 spiro atoms. The number of hydrogen-bond acceptors (Lipinski definition) is 8. The van der Waals surface area contributed by atoms with Crippen LogP contribution in [0.4, 0.5) is 5.82 Å². The first kappa shape index (κ1) is 10.7.